The highest BCUT2D eigenvalue weighted by molar-refractivity contribution is 6.04. The van der Waals surface area contributed by atoms with E-state index in [0.717, 1.165) is 38.9 Å². The molecule has 2 aliphatic heterocycles. The van der Waals surface area contributed by atoms with Gasteiger partial charge in [-0.3, -0.25) is 14.4 Å². The summed E-state index contributed by atoms with van der Waals surface area (Å²) in [4.78, 5) is 42.9. The van der Waals surface area contributed by atoms with Crippen molar-refractivity contribution in [2.45, 2.75) is 44.7 Å². The Morgan fingerprint density at radius 3 is 2.47 bits per heavy atom. The number of carbonyl (C=O) groups excluding carboxylic acids is 2. The maximum Gasteiger partial charge on any atom is 0.263 e. The van der Waals surface area contributed by atoms with E-state index in [1.165, 1.54) is 53.9 Å². The quantitative estimate of drug-likeness (QED) is 0.750. The fourth-order valence-electron chi connectivity index (χ4n) is 4.58. The van der Waals surface area contributed by atoms with Crippen LogP contribution in [0, 0.1) is 5.82 Å². The molecular formula is C24H29FN4O3. The highest BCUT2D eigenvalue weighted by atomic mass is 19.1. The third-order valence-electron chi connectivity index (χ3n) is 6.29. The van der Waals surface area contributed by atoms with Gasteiger partial charge in [0.15, 0.2) is 0 Å². The molecule has 1 atom stereocenters. The summed E-state index contributed by atoms with van der Waals surface area (Å²) in [6.45, 7) is 3.68. The van der Waals surface area contributed by atoms with Gasteiger partial charge in [-0.15, -0.1) is 0 Å². The molecule has 2 saturated heterocycles. The molecule has 170 valence electrons. The van der Waals surface area contributed by atoms with E-state index < -0.39 is 17.3 Å². The van der Waals surface area contributed by atoms with Crippen LogP contribution in [0.15, 0.2) is 47.4 Å². The Kier molecular flexibility index (Phi) is 6.99. The zero-order valence-corrected chi connectivity index (χ0v) is 18.1. The number of rotatable bonds is 6. The molecule has 3 heterocycles. The Morgan fingerprint density at radius 2 is 1.72 bits per heavy atom. The molecule has 0 saturated carbocycles. The van der Waals surface area contributed by atoms with Crippen LogP contribution in [0.3, 0.4) is 0 Å². The molecule has 2 fully saturated rings. The van der Waals surface area contributed by atoms with Crippen molar-refractivity contribution >= 4 is 17.5 Å². The van der Waals surface area contributed by atoms with Gasteiger partial charge in [0.25, 0.3) is 11.5 Å². The van der Waals surface area contributed by atoms with E-state index in [0.29, 0.717) is 12.2 Å². The Balaban J connectivity index is 1.45. The van der Waals surface area contributed by atoms with Crippen LogP contribution < -0.4 is 10.9 Å². The summed E-state index contributed by atoms with van der Waals surface area (Å²) in [5, 5.41) is 2.60. The summed E-state index contributed by atoms with van der Waals surface area (Å²) in [7, 11) is 0. The van der Waals surface area contributed by atoms with Crippen molar-refractivity contribution < 1.29 is 14.0 Å². The molecule has 2 aromatic rings. The van der Waals surface area contributed by atoms with Gasteiger partial charge in [0.05, 0.1) is 0 Å². The van der Waals surface area contributed by atoms with Crippen molar-refractivity contribution in [2.24, 2.45) is 0 Å². The van der Waals surface area contributed by atoms with E-state index in [1.54, 1.807) is 6.07 Å². The number of benzene rings is 1. The van der Waals surface area contributed by atoms with E-state index in [2.05, 4.69) is 10.2 Å². The number of halogens is 1. The summed E-state index contributed by atoms with van der Waals surface area (Å²) in [5.74, 6) is -1.09. The van der Waals surface area contributed by atoms with Gasteiger partial charge >= 0.3 is 0 Å². The van der Waals surface area contributed by atoms with Gasteiger partial charge < -0.3 is 19.7 Å². The average molecular weight is 441 g/mol. The average Bonchev–Trinajstić information content (AvgIpc) is 3.30. The molecule has 0 aliphatic carbocycles. The van der Waals surface area contributed by atoms with Crippen molar-refractivity contribution in [2.75, 3.05) is 31.5 Å². The Hall–Kier alpha value is -3.00. The molecule has 0 bridgehead atoms. The van der Waals surface area contributed by atoms with Crippen LogP contribution in [-0.4, -0.2) is 58.4 Å². The second kappa shape index (κ2) is 10.1. The van der Waals surface area contributed by atoms with Crippen LogP contribution in [0.2, 0.25) is 0 Å². The Morgan fingerprint density at radius 1 is 1.00 bits per heavy atom. The zero-order chi connectivity index (χ0) is 22.5. The summed E-state index contributed by atoms with van der Waals surface area (Å²) in [6.07, 6.45) is 7.02. The predicted molar refractivity (Wildman–Crippen MR) is 120 cm³/mol. The Labute approximate surface area is 186 Å². The zero-order valence-electron chi connectivity index (χ0n) is 18.1. The van der Waals surface area contributed by atoms with Gasteiger partial charge in [-0.1, -0.05) is 0 Å². The van der Waals surface area contributed by atoms with Gasteiger partial charge in [-0.25, -0.2) is 4.39 Å². The van der Waals surface area contributed by atoms with Crippen molar-refractivity contribution in [3.05, 3.63) is 64.3 Å². The normalized spacial score (nSPS) is 19.2. The molecule has 1 aromatic carbocycles. The van der Waals surface area contributed by atoms with E-state index in [9.17, 15) is 18.8 Å². The fraction of sp³-hybridized carbons (Fsp3) is 0.458. The minimum Gasteiger partial charge on any atom is -0.337 e. The molecule has 0 unspecified atom stereocenters. The summed E-state index contributed by atoms with van der Waals surface area (Å²) >= 11 is 0. The second-order valence-corrected chi connectivity index (χ2v) is 8.56. The number of hydrogen-bond donors (Lipinski definition) is 1. The lowest BCUT2D eigenvalue weighted by molar-refractivity contribution is -0.136. The summed E-state index contributed by atoms with van der Waals surface area (Å²) in [5.41, 5.74) is -0.189. The largest absolute Gasteiger partial charge is 0.337 e. The first kappa shape index (κ1) is 22.2. The first-order valence-electron chi connectivity index (χ1n) is 11.3. The van der Waals surface area contributed by atoms with Crippen molar-refractivity contribution in [1.82, 2.24) is 14.4 Å². The maximum absolute atomic E-state index is 13.1. The fourth-order valence-corrected chi connectivity index (χ4v) is 4.58. The van der Waals surface area contributed by atoms with Gasteiger partial charge in [0.1, 0.15) is 17.9 Å². The topological polar surface area (TPSA) is 74.7 Å². The van der Waals surface area contributed by atoms with Crippen molar-refractivity contribution in [3.8, 4) is 0 Å². The molecule has 8 heteroatoms. The number of nitrogens with zero attached hydrogens (tertiary/aromatic N) is 3. The van der Waals surface area contributed by atoms with E-state index in [4.69, 9.17) is 0 Å². The van der Waals surface area contributed by atoms with Gasteiger partial charge in [-0.2, -0.15) is 0 Å². The number of pyridine rings is 1. The van der Waals surface area contributed by atoms with Gasteiger partial charge in [-0.05, 0) is 81.6 Å². The Bertz CT molecular complexity index is 1010. The highest BCUT2D eigenvalue weighted by Gasteiger charge is 2.29. The molecule has 32 heavy (non-hydrogen) atoms. The highest BCUT2D eigenvalue weighted by Crippen LogP contribution is 2.20. The summed E-state index contributed by atoms with van der Waals surface area (Å²) in [6, 6.07) is 8.51. The van der Waals surface area contributed by atoms with Crippen LogP contribution in [0.5, 0.6) is 0 Å². The molecule has 0 spiro atoms. The molecule has 7 nitrogen and oxygen atoms in total. The number of likely N-dealkylation sites (tertiary alicyclic amines) is 2. The molecule has 0 radical (unpaired) electrons. The third kappa shape index (κ3) is 5.24. The van der Waals surface area contributed by atoms with Gasteiger partial charge in [0.2, 0.25) is 5.91 Å². The number of nitrogens with one attached hydrogen (secondary N) is 1. The third-order valence-corrected chi connectivity index (χ3v) is 6.29. The standard InChI is InChI=1S/C24H29FN4O3/c25-18-8-10-19(11-9-18)26-23(31)21-7-5-14-28(24(21)32)17-22(30)29-15-2-1-6-20(29)16-27-12-3-4-13-27/h5,7-11,14,20H,1-4,6,12-13,15-17H2,(H,26,31)/t20-/m1/s1. The van der Waals surface area contributed by atoms with Crippen molar-refractivity contribution in [1.29, 1.82) is 0 Å². The summed E-state index contributed by atoms with van der Waals surface area (Å²) < 4.78 is 14.4. The van der Waals surface area contributed by atoms with Crippen LogP contribution in [0.1, 0.15) is 42.5 Å². The van der Waals surface area contributed by atoms with Gasteiger partial charge in [0, 0.05) is 31.0 Å². The molecule has 2 aliphatic rings. The number of amides is 2. The van der Waals surface area contributed by atoms with Crippen LogP contribution in [0.25, 0.3) is 0 Å². The SMILES string of the molecule is O=C(Nc1ccc(F)cc1)c1cccn(CC(=O)N2CCCC[C@@H]2CN2CCCC2)c1=O. The number of anilines is 1. The number of aromatic nitrogens is 1. The number of hydrogen-bond acceptors (Lipinski definition) is 4. The molecule has 1 N–H and O–H groups in total. The lowest BCUT2D eigenvalue weighted by Gasteiger charge is -2.38. The first-order valence-corrected chi connectivity index (χ1v) is 11.3. The molecule has 2 amide bonds. The molecule has 4 rings (SSSR count). The monoisotopic (exact) mass is 440 g/mol. The minimum atomic E-state index is -0.590. The van der Waals surface area contributed by atoms with E-state index >= 15 is 0 Å². The number of carbonyl (C=O) groups is 2. The lowest BCUT2D eigenvalue weighted by Crippen LogP contribution is -2.50. The minimum absolute atomic E-state index is 0.0584. The van der Waals surface area contributed by atoms with Crippen molar-refractivity contribution in [3.63, 3.8) is 0 Å². The molecule has 1 aromatic heterocycles. The van der Waals surface area contributed by atoms with Crippen LogP contribution in [-0.2, 0) is 11.3 Å². The predicted octanol–water partition coefficient (Wildman–Crippen LogP) is 2.72. The lowest BCUT2D eigenvalue weighted by atomic mass is 10.0. The molecular weight excluding hydrogens is 411 g/mol. The van der Waals surface area contributed by atoms with E-state index in [1.807, 2.05) is 4.90 Å². The smallest absolute Gasteiger partial charge is 0.263 e. The van der Waals surface area contributed by atoms with Crippen LogP contribution in [0.4, 0.5) is 10.1 Å². The second-order valence-electron chi connectivity index (χ2n) is 8.56. The van der Waals surface area contributed by atoms with E-state index in [-0.39, 0.29) is 24.1 Å². The number of piperidine rings is 1. The maximum atomic E-state index is 13.1. The van der Waals surface area contributed by atoms with Crippen LogP contribution >= 0.6 is 0 Å². The first-order chi connectivity index (χ1) is 15.5.